The van der Waals surface area contributed by atoms with Gasteiger partial charge in [-0.05, 0) is 84.3 Å². The summed E-state index contributed by atoms with van der Waals surface area (Å²) in [6.45, 7) is 13.6. The highest BCUT2D eigenvalue weighted by Gasteiger charge is 2.72. The monoisotopic (exact) mass is 744 g/mol. The Kier molecular flexibility index (Phi) is 11.2. The lowest BCUT2D eigenvalue weighted by molar-refractivity contribution is -0.324. The van der Waals surface area contributed by atoms with Crippen LogP contribution in [-0.2, 0) is 43.6 Å². The second kappa shape index (κ2) is 15.9. The molecule has 4 fully saturated rings. The maximum Gasteiger partial charge on any atom is 0.306 e. The minimum Gasteiger partial charge on any atom is -0.462 e. The Balaban J connectivity index is 1.21. The molecule has 11 atom stereocenters. The molecule has 5 aliphatic rings. The van der Waals surface area contributed by atoms with Gasteiger partial charge in [-0.25, -0.2) is 0 Å². The second-order valence-electron chi connectivity index (χ2n) is 18.7. The summed E-state index contributed by atoms with van der Waals surface area (Å²) in [4.78, 5) is 13.0. The number of esters is 1. The van der Waals surface area contributed by atoms with Crippen molar-refractivity contribution in [2.45, 2.75) is 136 Å². The first-order chi connectivity index (χ1) is 26.6. The molecule has 294 valence electrons. The fraction of sp³-hybridized carbons (Fsp3) is 0.580. The highest BCUT2D eigenvalue weighted by Crippen LogP contribution is 2.71. The number of rotatable bonds is 12. The Morgan fingerprint density at radius 3 is 1.95 bits per heavy atom. The smallest absolute Gasteiger partial charge is 0.306 e. The third kappa shape index (κ3) is 7.16. The minimum absolute atomic E-state index is 0.0320. The Hall–Kier alpha value is -3.25. The van der Waals surface area contributed by atoms with Crippen LogP contribution in [0.3, 0.4) is 0 Å². The van der Waals surface area contributed by atoms with Crippen LogP contribution < -0.4 is 0 Å². The maximum absolute atomic E-state index is 13.0. The van der Waals surface area contributed by atoms with Crippen molar-refractivity contribution in [3.8, 4) is 0 Å². The molecular formula is C50H64O5. The summed E-state index contributed by atoms with van der Waals surface area (Å²) in [6, 6.07) is 32.1. The van der Waals surface area contributed by atoms with Crippen molar-refractivity contribution in [1.82, 2.24) is 0 Å². The molecule has 0 bridgehead atoms. The van der Waals surface area contributed by atoms with E-state index in [0.717, 1.165) is 38.5 Å². The van der Waals surface area contributed by atoms with Gasteiger partial charge in [-0.2, -0.15) is 0 Å². The number of fused-ring (bicyclic) bond motifs is 5. The molecule has 0 N–H and O–H groups in total. The SMILES string of the molecule is CC(C)C1CC(=O)OC(C(C)C2=CCC3C4C(OCc5ccccc5)[C@H](OCc5ccccc5)C5CCCC[C@]5(C)[C@@]4(OCc4ccccc4)CC[C@]23C)C1. The highest BCUT2D eigenvalue weighted by molar-refractivity contribution is 5.70. The fourth-order valence-electron chi connectivity index (χ4n) is 12.4. The largest absolute Gasteiger partial charge is 0.462 e. The van der Waals surface area contributed by atoms with Crippen LogP contribution in [0.15, 0.2) is 103 Å². The van der Waals surface area contributed by atoms with Gasteiger partial charge in [-0.15, -0.1) is 0 Å². The van der Waals surface area contributed by atoms with Crippen molar-refractivity contribution in [3.63, 3.8) is 0 Å². The quantitative estimate of drug-likeness (QED) is 0.137. The fourth-order valence-corrected chi connectivity index (χ4v) is 12.4. The summed E-state index contributed by atoms with van der Waals surface area (Å²) >= 11 is 0. The van der Waals surface area contributed by atoms with Crippen LogP contribution in [0.1, 0.15) is 109 Å². The van der Waals surface area contributed by atoms with E-state index in [-0.39, 0.29) is 46.9 Å². The van der Waals surface area contributed by atoms with Crippen molar-refractivity contribution < 1.29 is 23.7 Å². The molecule has 1 aliphatic heterocycles. The summed E-state index contributed by atoms with van der Waals surface area (Å²) in [6.07, 6.45) is 11.4. The molecular weight excluding hydrogens is 681 g/mol. The van der Waals surface area contributed by atoms with E-state index in [4.69, 9.17) is 18.9 Å². The number of hydrogen-bond acceptors (Lipinski definition) is 5. The Labute approximate surface area is 330 Å². The zero-order valence-corrected chi connectivity index (χ0v) is 34.0. The van der Waals surface area contributed by atoms with Gasteiger partial charge < -0.3 is 18.9 Å². The van der Waals surface area contributed by atoms with E-state index in [1.165, 1.54) is 35.1 Å². The first-order valence-electron chi connectivity index (χ1n) is 21.5. The zero-order valence-electron chi connectivity index (χ0n) is 34.0. The lowest BCUT2D eigenvalue weighted by Crippen LogP contribution is -2.74. The maximum atomic E-state index is 13.0. The van der Waals surface area contributed by atoms with E-state index >= 15 is 0 Å². The van der Waals surface area contributed by atoms with E-state index in [1.807, 2.05) is 0 Å². The van der Waals surface area contributed by atoms with Crippen molar-refractivity contribution >= 4 is 5.97 Å². The Morgan fingerprint density at radius 1 is 0.727 bits per heavy atom. The number of benzene rings is 3. The van der Waals surface area contributed by atoms with Gasteiger partial charge in [-0.1, -0.05) is 150 Å². The third-order valence-corrected chi connectivity index (χ3v) is 15.5. The lowest BCUT2D eigenvalue weighted by atomic mass is 9.41. The molecule has 0 aromatic heterocycles. The first kappa shape index (κ1) is 38.6. The molecule has 55 heavy (non-hydrogen) atoms. The standard InChI is InChI=1S/C50H64O5/c1-34(2)39-29-43(55-44(51)30-39)35(3)40-24-25-41-45-47(53-32-37-19-11-7-12-20-37)46(52-31-36-17-9-6-10-18-36)42-23-15-16-26-49(42,5)50(45,28-27-48(40,41)4)54-33-38-21-13-8-14-22-38/h6-14,17-22,24,34-35,39,41-43,45-47H,15-16,23,25-33H2,1-5H3/t35?,39?,41?,42?,43?,45?,46-,47?,48-,49+,50-/m1/s1. The van der Waals surface area contributed by atoms with E-state index < -0.39 is 5.60 Å². The highest BCUT2D eigenvalue weighted by atomic mass is 16.6. The van der Waals surface area contributed by atoms with Crippen LogP contribution in [0.25, 0.3) is 0 Å². The number of cyclic esters (lactones) is 1. The first-order valence-corrected chi connectivity index (χ1v) is 21.5. The van der Waals surface area contributed by atoms with Crippen LogP contribution in [0.4, 0.5) is 0 Å². The zero-order chi connectivity index (χ0) is 38.2. The molecule has 5 heteroatoms. The molecule has 3 aromatic carbocycles. The molecule has 0 spiro atoms. The van der Waals surface area contributed by atoms with E-state index in [1.54, 1.807) is 0 Å². The van der Waals surface area contributed by atoms with Gasteiger partial charge in [-0.3, -0.25) is 4.79 Å². The summed E-state index contributed by atoms with van der Waals surface area (Å²) in [5, 5.41) is 0. The van der Waals surface area contributed by atoms with E-state index in [2.05, 4.69) is 132 Å². The van der Waals surface area contributed by atoms with Gasteiger partial charge in [0.2, 0.25) is 0 Å². The summed E-state index contributed by atoms with van der Waals surface area (Å²) < 4.78 is 28.7. The van der Waals surface area contributed by atoms with Gasteiger partial charge >= 0.3 is 5.97 Å². The molecule has 8 rings (SSSR count). The predicted octanol–water partition coefficient (Wildman–Crippen LogP) is 11.3. The van der Waals surface area contributed by atoms with Gasteiger partial charge in [0.1, 0.15) is 6.10 Å². The summed E-state index contributed by atoms with van der Waals surface area (Å²) in [7, 11) is 0. The molecule has 4 aliphatic carbocycles. The van der Waals surface area contributed by atoms with Crippen LogP contribution in [0.2, 0.25) is 0 Å². The molecule has 7 unspecified atom stereocenters. The number of ether oxygens (including phenoxy) is 4. The topological polar surface area (TPSA) is 54.0 Å². The van der Waals surface area contributed by atoms with Crippen molar-refractivity contribution in [2.24, 2.45) is 46.3 Å². The lowest BCUT2D eigenvalue weighted by Gasteiger charge is -2.69. The van der Waals surface area contributed by atoms with Gasteiger partial charge in [0.15, 0.2) is 0 Å². The normalized spacial score (nSPS) is 36.3. The molecule has 1 heterocycles. The van der Waals surface area contributed by atoms with Crippen LogP contribution >= 0.6 is 0 Å². The van der Waals surface area contributed by atoms with Crippen molar-refractivity contribution in [2.75, 3.05) is 0 Å². The number of carbonyl (C=O) groups is 1. The minimum atomic E-state index is -0.390. The molecule has 5 nitrogen and oxygen atoms in total. The number of hydrogen-bond donors (Lipinski definition) is 0. The average Bonchev–Trinajstić information content (AvgIpc) is 3.56. The van der Waals surface area contributed by atoms with Crippen LogP contribution in [-0.4, -0.2) is 29.9 Å². The molecule has 3 aromatic rings. The number of carbonyl (C=O) groups excluding carboxylic acids is 1. The average molecular weight is 745 g/mol. The van der Waals surface area contributed by atoms with Gasteiger partial charge in [0.25, 0.3) is 0 Å². The van der Waals surface area contributed by atoms with Gasteiger partial charge in [0, 0.05) is 23.7 Å². The summed E-state index contributed by atoms with van der Waals surface area (Å²) in [5.74, 6) is 1.68. The van der Waals surface area contributed by atoms with E-state index in [9.17, 15) is 4.79 Å². The van der Waals surface area contributed by atoms with Gasteiger partial charge in [0.05, 0.1) is 37.6 Å². The molecule has 3 saturated carbocycles. The number of allylic oxidation sites excluding steroid dienone is 1. The summed E-state index contributed by atoms with van der Waals surface area (Å²) in [5.41, 5.74) is 4.55. The van der Waals surface area contributed by atoms with Crippen molar-refractivity contribution in [1.29, 1.82) is 0 Å². The third-order valence-electron chi connectivity index (χ3n) is 15.5. The van der Waals surface area contributed by atoms with Crippen LogP contribution in [0, 0.1) is 46.3 Å². The van der Waals surface area contributed by atoms with E-state index in [0.29, 0.717) is 49.9 Å². The molecule has 0 amide bonds. The second-order valence-corrected chi connectivity index (χ2v) is 18.7. The Morgan fingerprint density at radius 2 is 1.33 bits per heavy atom. The Bertz CT molecular complexity index is 1770. The van der Waals surface area contributed by atoms with Crippen LogP contribution in [0.5, 0.6) is 0 Å². The van der Waals surface area contributed by atoms with Crippen molar-refractivity contribution in [3.05, 3.63) is 119 Å². The molecule has 0 radical (unpaired) electrons. The molecule has 1 saturated heterocycles. The predicted molar refractivity (Wildman–Crippen MR) is 218 cm³/mol.